The van der Waals surface area contributed by atoms with Crippen LogP contribution in [0, 0.1) is 5.92 Å². The van der Waals surface area contributed by atoms with Crippen molar-refractivity contribution in [3.8, 4) is 0 Å². The van der Waals surface area contributed by atoms with Gasteiger partial charge in [-0.25, -0.2) is 0 Å². The van der Waals surface area contributed by atoms with Crippen LogP contribution in [0.4, 0.5) is 0 Å². The van der Waals surface area contributed by atoms with E-state index in [1.165, 1.54) is 37.0 Å². The summed E-state index contributed by atoms with van der Waals surface area (Å²) < 4.78 is 0. The normalized spacial score (nSPS) is 19.6. The van der Waals surface area contributed by atoms with Gasteiger partial charge < -0.3 is 5.32 Å². The Bertz CT molecular complexity index is 290. The number of hydrogen-bond donors (Lipinski definition) is 1. The Kier molecular flexibility index (Phi) is 4.42. The molecular formula is C14H23NS. The number of thiophene rings is 1. The molecule has 1 aliphatic carbocycles. The quantitative estimate of drug-likeness (QED) is 0.742. The topological polar surface area (TPSA) is 12.0 Å². The molecule has 0 bridgehead atoms. The lowest BCUT2D eigenvalue weighted by Gasteiger charge is -2.23. The molecule has 1 aliphatic rings. The second-order valence-corrected chi connectivity index (χ2v) is 5.91. The number of nitrogens with one attached hydrogen (secondary N) is 1. The second-order valence-electron chi connectivity index (χ2n) is 4.93. The Balaban J connectivity index is 1.88. The van der Waals surface area contributed by atoms with Crippen LogP contribution in [-0.2, 0) is 0 Å². The van der Waals surface area contributed by atoms with Crippen LogP contribution < -0.4 is 5.32 Å². The van der Waals surface area contributed by atoms with Gasteiger partial charge >= 0.3 is 0 Å². The van der Waals surface area contributed by atoms with Crippen molar-refractivity contribution in [1.82, 2.24) is 5.32 Å². The van der Waals surface area contributed by atoms with E-state index < -0.39 is 0 Å². The summed E-state index contributed by atoms with van der Waals surface area (Å²) >= 11 is 1.88. The number of hydrogen-bond acceptors (Lipinski definition) is 2. The minimum Gasteiger partial charge on any atom is -0.306 e. The van der Waals surface area contributed by atoms with E-state index in [1.807, 2.05) is 11.3 Å². The molecule has 0 aliphatic heterocycles. The first-order chi connectivity index (χ1) is 7.83. The van der Waals surface area contributed by atoms with Crippen LogP contribution in [-0.4, -0.2) is 6.04 Å². The molecule has 1 heterocycles. The Morgan fingerprint density at radius 2 is 2.19 bits per heavy atom. The maximum absolute atomic E-state index is 3.84. The third-order valence-electron chi connectivity index (χ3n) is 3.54. The summed E-state index contributed by atoms with van der Waals surface area (Å²) in [6.07, 6.45) is 6.78. The minimum atomic E-state index is 0.573. The van der Waals surface area contributed by atoms with Gasteiger partial charge in [-0.3, -0.25) is 0 Å². The summed E-state index contributed by atoms with van der Waals surface area (Å²) in [6, 6.07) is 5.71. The maximum Gasteiger partial charge on any atom is 0.0414 e. The van der Waals surface area contributed by atoms with Gasteiger partial charge in [-0.1, -0.05) is 32.8 Å². The standard InChI is InChI=1S/C14H23NS/c1-3-12(10-11-7-8-11)15-13(4-2)14-6-5-9-16-14/h5-6,9,11-13,15H,3-4,7-8,10H2,1-2H3. The van der Waals surface area contributed by atoms with Gasteiger partial charge in [-0.15, -0.1) is 11.3 Å². The third-order valence-corrected chi connectivity index (χ3v) is 4.53. The molecule has 1 fully saturated rings. The van der Waals surface area contributed by atoms with Crippen molar-refractivity contribution in [2.75, 3.05) is 0 Å². The second kappa shape index (κ2) is 5.83. The molecule has 0 amide bonds. The first-order valence-electron chi connectivity index (χ1n) is 6.62. The van der Waals surface area contributed by atoms with Gasteiger partial charge in [0, 0.05) is 17.0 Å². The maximum atomic E-state index is 3.84. The summed E-state index contributed by atoms with van der Waals surface area (Å²) in [5, 5.41) is 6.02. The van der Waals surface area contributed by atoms with Crippen molar-refractivity contribution >= 4 is 11.3 Å². The fraction of sp³-hybridized carbons (Fsp3) is 0.714. The van der Waals surface area contributed by atoms with E-state index in [-0.39, 0.29) is 0 Å². The van der Waals surface area contributed by atoms with Gasteiger partial charge in [0.2, 0.25) is 0 Å². The average Bonchev–Trinajstić information content (AvgIpc) is 2.95. The fourth-order valence-electron chi connectivity index (χ4n) is 2.28. The Morgan fingerprint density at radius 1 is 1.38 bits per heavy atom. The van der Waals surface area contributed by atoms with Crippen LogP contribution in [0.3, 0.4) is 0 Å². The lowest BCUT2D eigenvalue weighted by atomic mass is 10.0. The van der Waals surface area contributed by atoms with Crippen molar-refractivity contribution in [3.63, 3.8) is 0 Å². The Hall–Kier alpha value is -0.340. The highest BCUT2D eigenvalue weighted by atomic mass is 32.1. The van der Waals surface area contributed by atoms with Gasteiger partial charge in [-0.05, 0) is 36.6 Å². The van der Waals surface area contributed by atoms with Gasteiger partial charge in [0.05, 0.1) is 0 Å². The Labute approximate surface area is 103 Å². The van der Waals surface area contributed by atoms with E-state index in [4.69, 9.17) is 0 Å². The lowest BCUT2D eigenvalue weighted by molar-refractivity contribution is 0.386. The van der Waals surface area contributed by atoms with Crippen LogP contribution in [0.15, 0.2) is 17.5 Å². The molecule has 2 unspecified atom stereocenters. The third kappa shape index (κ3) is 3.33. The van der Waals surface area contributed by atoms with Gasteiger partial charge in [0.15, 0.2) is 0 Å². The zero-order valence-electron chi connectivity index (χ0n) is 10.4. The van der Waals surface area contributed by atoms with Crippen LogP contribution >= 0.6 is 11.3 Å². The zero-order chi connectivity index (χ0) is 11.4. The molecule has 2 rings (SSSR count). The van der Waals surface area contributed by atoms with Gasteiger partial charge in [-0.2, -0.15) is 0 Å². The van der Waals surface area contributed by atoms with Crippen LogP contribution in [0.25, 0.3) is 0 Å². The van der Waals surface area contributed by atoms with E-state index in [0.717, 1.165) is 12.0 Å². The van der Waals surface area contributed by atoms with Crippen molar-refractivity contribution in [3.05, 3.63) is 22.4 Å². The van der Waals surface area contributed by atoms with Crippen LogP contribution in [0.5, 0.6) is 0 Å². The molecule has 16 heavy (non-hydrogen) atoms. The molecule has 1 saturated carbocycles. The molecule has 1 N–H and O–H groups in total. The van der Waals surface area contributed by atoms with Crippen molar-refractivity contribution in [2.45, 2.75) is 58.0 Å². The summed E-state index contributed by atoms with van der Waals surface area (Å²) in [7, 11) is 0. The largest absolute Gasteiger partial charge is 0.306 e. The highest BCUT2D eigenvalue weighted by Gasteiger charge is 2.25. The van der Waals surface area contributed by atoms with Crippen molar-refractivity contribution in [1.29, 1.82) is 0 Å². The van der Waals surface area contributed by atoms with Crippen molar-refractivity contribution in [2.24, 2.45) is 5.92 Å². The predicted octanol–water partition coefficient (Wildman–Crippen LogP) is 4.37. The monoisotopic (exact) mass is 237 g/mol. The average molecular weight is 237 g/mol. The van der Waals surface area contributed by atoms with E-state index in [9.17, 15) is 0 Å². The molecule has 0 saturated heterocycles. The first-order valence-corrected chi connectivity index (χ1v) is 7.50. The molecular weight excluding hydrogens is 214 g/mol. The zero-order valence-corrected chi connectivity index (χ0v) is 11.2. The summed E-state index contributed by atoms with van der Waals surface area (Å²) in [5.41, 5.74) is 0. The van der Waals surface area contributed by atoms with E-state index >= 15 is 0 Å². The first kappa shape index (κ1) is 12.1. The molecule has 2 heteroatoms. The molecule has 1 aromatic rings. The fourth-order valence-corrected chi connectivity index (χ4v) is 3.15. The molecule has 90 valence electrons. The molecule has 0 aromatic carbocycles. The van der Waals surface area contributed by atoms with Gasteiger partial charge in [0.25, 0.3) is 0 Å². The van der Waals surface area contributed by atoms with E-state index in [1.54, 1.807) is 0 Å². The van der Waals surface area contributed by atoms with Crippen LogP contribution in [0.1, 0.15) is 56.9 Å². The molecule has 2 atom stereocenters. The number of rotatable bonds is 7. The predicted molar refractivity (Wildman–Crippen MR) is 71.9 cm³/mol. The minimum absolute atomic E-state index is 0.573. The van der Waals surface area contributed by atoms with Crippen LogP contribution in [0.2, 0.25) is 0 Å². The van der Waals surface area contributed by atoms with Gasteiger partial charge in [0.1, 0.15) is 0 Å². The molecule has 1 nitrogen and oxygen atoms in total. The van der Waals surface area contributed by atoms with Crippen molar-refractivity contribution < 1.29 is 0 Å². The molecule has 0 radical (unpaired) electrons. The van der Waals surface area contributed by atoms with E-state index in [2.05, 4.69) is 36.7 Å². The molecule has 1 aromatic heterocycles. The highest BCUT2D eigenvalue weighted by molar-refractivity contribution is 7.10. The summed E-state index contributed by atoms with van der Waals surface area (Å²) in [6.45, 7) is 4.59. The smallest absolute Gasteiger partial charge is 0.0414 e. The van der Waals surface area contributed by atoms with E-state index in [0.29, 0.717) is 6.04 Å². The lowest BCUT2D eigenvalue weighted by Crippen LogP contribution is -2.32. The highest BCUT2D eigenvalue weighted by Crippen LogP contribution is 2.35. The SMILES string of the molecule is CCC(CC1CC1)NC(CC)c1cccs1. The Morgan fingerprint density at radius 3 is 2.69 bits per heavy atom. The summed E-state index contributed by atoms with van der Waals surface area (Å²) in [5.74, 6) is 1.03. The summed E-state index contributed by atoms with van der Waals surface area (Å²) in [4.78, 5) is 1.50. The molecule has 0 spiro atoms.